The van der Waals surface area contributed by atoms with Gasteiger partial charge in [-0.3, -0.25) is 4.79 Å². The van der Waals surface area contributed by atoms with E-state index in [0.29, 0.717) is 35.5 Å². The van der Waals surface area contributed by atoms with Crippen molar-refractivity contribution in [1.29, 1.82) is 0 Å². The van der Waals surface area contributed by atoms with Gasteiger partial charge in [0, 0.05) is 12.5 Å². The molecule has 0 aliphatic carbocycles. The van der Waals surface area contributed by atoms with Crippen molar-refractivity contribution in [2.24, 2.45) is 0 Å². The molecule has 0 fully saturated rings. The second kappa shape index (κ2) is 7.45. The predicted molar refractivity (Wildman–Crippen MR) is 91.4 cm³/mol. The number of halogens is 1. The van der Waals surface area contributed by atoms with Crippen LogP contribution in [0, 0.1) is 0 Å². The van der Waals surface area contributed by atoms with Crippen molar-refractivity contribution < 1.29 is 18.7 Å². The highest BCUT2D eigenvalue weighted by Crippen LogP contribution is 2.38. The lowest BCUT2D eigenvalue weighted by Crippen LogP contribution is -2.24. The van der Waals surface area contributed by atoms with Crippen LogP contribution in [0.5, 0.6) is 11.5 Å². The highest BCUT2D eigenvalue weighted by molar-refractivity contribution is 6.32. The second-order valence-corrected chi connectivity index (χ2v) is 5.87. The number of amides is 1. The van der Waals surface area contributed by atoms with Crippen molar-refractivity contribution in [3.63, 3.8) is 0 Å². The average Bonchev–Trinajstić information content (AvgIpc) is 2.99. The molecule has 0 bridgehead atoms. The van der Waals surface area contributed by atoms with Crippen molar-refractivity contribution in [2.75, 3.05) is 13.2 Å². The number of ether oxygens (including phenoxy) is 2. The molecule has 24 heavy (non-hydrogen) atoms. The Bertz CT molecular complexity index is 740. The molecule has 0 unspecified atom stereocenters. The Morgan fingerprint density at radius 3 is 2.96 bits per heavy atom. The van der Waals surface area contributed by atoms with Crippen LogP contribution in [0.3, 0.4) is 0 Å². The zero-order valence-electron chi connectivity index (χ0n) is 13.3. The minimum absolute atomic E-state index is 0.204. The summed E-state index contributed by atoms with van der Waals surface area (Å²) in [6.45, 7) is 3.02. The van der Waals surface area contributed by atoms with Crippen LogP contribution in [0.2, 0.25) is 5.02 Å². The summed E-state index contributed by atoms with van der Waals surface area (Å²) in [5.41, 5.74) is 0.769. The van der Waals surface area contributed by atoms with Crippen molar-refractivity contribution in [3.05, 3.63) is 53.0 Å². The van der Waals surface area contributed by atoms with E-state index in [2.05, 4.69) is 5.32 Å². The van der Waals surface area contributed by atoms with Gasteiger partial charge in [0.15, 0.2) is 11.5 Å². The fraction of sp³-hybridized carbons (Fsp3) is 0.278. The minimum Gasteiger partial charge on any atom is -0.489 e. The van der Waals surface area contributed by atoms with Gasteiger partial charge in [-0.1, -0.05) is 11.6 Å². The molecule has 126 valence electrons. The lowest BCUT2D eigenvalue weighted by atomic mass is 10.1. The van der Waals surface area contributed by atoms with E-state index in [1.807, 2.05) is 19.1 Å². The highest BCUT2D eigenvalue weighted by Gasteiger charge is 2.15. The molecular weight excluding hydrogens is 330 g/mol. The quantitative estimate of drug-likeness (QED) is 0.850. The summed E-state index contributed by atoms with van der Waals surface area (Å²) in [7, 11) is 0. The van der Waals surface area contributed by atoms with Gasteiger partial charge in [-0.05, 0) is 42.8 Å². The first-order valence-corrected chi connectivity index (χ1v) is 8.12. The molecule has 0 saturated carbocycles. The molecule has 1 atom stereocenters. The Balaban J connectivity index is 1.69. The highest BCUT2D eigenvalue weighted by atomic mass is 35.5. The fourth-order valence-electron chi connectivity index (χ4n) is 2.39. The van der Waals surface area contributed by atoms with Gasteiger partial charge in [0.05, 0.1) is 30.5 Å². The second-order valence-electron chi connectivity index (χ2n) is 5.46. The van der Waals surface area contributed by atoms with Gasteiger partial charge < -0.3 is 19.2 Å². The third-order valence-corrected chi connectivity index (χ3v) is 3.86. The third-order valence-electron chi connectivity index (χ3n) is 3.58. The van der Waals surface area contributed by atoms with Gasteiger partial charge in [0.25, 0.3) is 0 Å². The molecule has 1 aliphatic heterocycles. The van der Waals surface area contributed by atoms with Gasteiger partial charge in [-0.15, -0.1) is 0 Å². The number of hydrogen-bond acceptors (Lipinski definition) is 4. The number of hydrogen-bond donors (Lipinski definition) is 1. The number of rotatable bonds is 4. The summed E-state index contributed by atoms with van der Waals surface area (Å²) in [6.07, 6.45) is 5.52. The van der Waals surface area contributed by atoms with Gasteiger partial charge >= 0.3 is 0 Å². The largest absolute Gasteiger partial charge is 0.489 e. The topological polar surface area (TPSA) is 60.7 Å². The third kappa shape index (κ3) is 3.92. The Morgan fingerprint density at radius 1 is 1.33 bits per heavy atom. The Hall–Kier alpha value is -2.40. The summed E-state index contributed by atoms with van der Waals surface area (Å²) in [5.74, 6) is 1.64. The number of benzene rings is 1. The van der Waals surface area contributed by atoms with E-state index >= 15 is 0 Å². The fourth-order valence-corrected chi connectivity index (χ4v) is 2.66. The molecule has 2 heterocycles. The Kier molecular flexibility index (Phi) is 5.11. The average molecular weight is 348 g/mol. The van der Waals surface area contributed by atoms with Crippen molar-refractivity contribution in [1.82, 2.24) is 5.32 Å². The monoisotopic (exact) mass is 347 g/mol. The number of carbonyl (C=O) groups is 1. The standard InChI is InChI=1S/C18H18ClNO4/c1-12(15-4-2-7-22-15)20-17(21)6-5-13-10-14(19)18-16(11-13)23-8-3-9-24-18/h2,4-7,10-12H,3,8-9H2,1H3,(H,20,21)/b6-5+/t12-/m0/s1. The number of carbonyl (C=O) groups excluding carboxylic acids is 1. The van der Waals surface area contributed by atoms with Crippen LogP contribution in [-0.4, -0.2) is 19.1 Å². The summed E-state index contributed by atoms with van der Waals surface area (Å²) in [4.78, 5) is 12.0. The summed E-state index contributed by atoms with van der Waals surface area (Å²) in [5, 5.41) is 3.30. The van der Waals surface area contributed by atoms with E-state index < -0.39 is 0 Å². The predicted octanol–water partition coefficient (Wildman–Crippen LogP) is 3.98. The zero-order chi connectivity index (χ0) is 16.9. The summed E-state index contributed by atoms with van der Waals surface area (Å²) in [6, 6.07) is 6.96. The van der Waals surface area contributed by atoms with Crippen LogP contribution in [0.15, 0.2) is 41.0 Å². The Labute approximate surface area is 145 Å². The molecule has 2 aromatic rings. The molecular formula is C18H18ClNO4. The molecule has 6 heteroatoms. The smallest absolute Gasteiger partial charge is 0.244 e. The molecule has 1 amide bonds. The van der Waals surface area contributed by atoms with E-state index in [-0.39, 0.29) is 11.9 Å². The molecule has 1 aliphatic rings. The molecule has 0 spiro atoms. The molecule has 1 aromatic carbocycles. The molecule has 0 saturated heterocycles. The van der Waals surface area contributed by atoms with Crippen molar-refractivity contribution in [3.8, 4) is 11.5 Å². The van der Waals surface area contributed by atoms with E-state index in [0.717, 1.165) is 12.0 Å². The summed E-state index contributed by atoms with van der Waals surface area (Å²) >= 11 is 6.24. The van der Waals surface area contributed by atoms with E-state index in [1.165, 1.54) is 6.08 Å². The maximum atomic E-state index is 12.0. The molecule has 3 rings (SSSR count). The van der Waals surface area contributed by atoms with Gasteiger partial charge in [0.1, 0.15) is 5.76 Å². The summed E-state index contributed by atoms with van der Waals surface area (Å²) < 4.78 is 16.5. The lowest BCUT2D eigenvalue weighted by molar-refractivity contribution is -0.117. The molecule has 5 nitrogen and oxygen atoms in total. The van der Waals surface area contributed by atoms with Gasteiger partial charge in [-0.25, -0.2) is 0 Å². The van der Waals surface area contributed by atoms with Gasteiger partial charge in [0.2, 0.25) is 5.91 Å². The van der Waals surface area contributed by atoms with Crippen LogP contribution in [-0.2, 0) is 4.79 Å². The number of fused-ring (bicyclic) bond motifs is 1. The minimum atomic E-state index is -0.220. The van der Waals surface area contributed by atoms with Crippen LogP contribution < -0.4 is 14.8 Å². The first-order chi connectivity index (χ1) is 11.6. The van der Waals surface area contributed by atoms with Crippen LogP contribution in [0.1, 0.15) is 30.7 Å². The zero-order valence-corrected chi connectivity index (χ0v) is 14.0. The van der Waals surface area contributed by atoms with Crippen molar-refractivity contribution >= 4 is 23.6 Å². The van der Waals surface area contributed by atoms with Crippen LogP contribution in [0.25, 0.3) is 6.08 Å². The molecule has 0 radical (unpaired) electrons. The Morgan fingerprint density at radius 2 is 2.17 bits per heavy atom. The lowest BCUT2D eigenvalue weighted by Gasteiger charge is -2.10. The normalized spacial score (nSPS) is 15.1. The maximum Gasteiger partial charge on any atom is 0.244 e. The first kappa shape index (κ1) is 16.5. The SMILES string of the molecule is C[C@H](NC(=O)/C=C/c1cc(Cl)c2c(c1)OCCCO2)c1ccco1. The van der Waals surface area contributed by atoms with Gasteiger partial charge in [-0.2, -0.15) is 0 Å². The molecule has 1 aromatic heterocycles. The van der Waals surface area contributed by atoms with Crippen LogP contribution in [0.4, 0.5) is 0 Å². The maximum absolute atomic E-state index is 12.0. The van der Waals surface area contributed by atoms with E-state index in [9.17, 15) is 4.79 Å². The van der Waals surface area contributed by atoms with E-state index in [1.54, 1.807) is 24.5 Å². The first-order valence-electron chi connectivity index (χ1n) is 7.74. The van der Waals surface area contributed by atoms with Crippen LogP contribution >= 0.6 is 11.6 Å². The number of nitrogens with one attached hydrogen (secondary N) is 1. The molecule has 1 N–H and O–H groups in total. The number of furan rings is 1. The van der Waals surface area contributed by atoms with Crippen molar-refractivity contribution in [2.45, 2.75) is 19.4 Å². The van der Waals surface area contributed by atoms with E-state index in [4.69, 9.17) is 25.5 Å².